The number of nitrogens with one attached hydrogen (secondary N) is 1. The Balaban J connectivity index is 1.94. The van der Waals surface area contributed by atoms with Gasteiger partial charge in [0, 0.05) is 11.3 Å². The molecule has 3 aromatic rings. The Morgan fingerprint density at radius 2 is 1.65 bits per heavy atom. The van der Waals surface area contributed by atoms with Crippen LogP contribution < -0.4 is 5.32 Å². The van der Waals surface area contributed by atoms with Gasteiger partial charge >= 0.3 is 5.97 Å². The van der Waals surface area contributed by atoms with Gasteiger partial charge in [0.15, 0.2) is 5.69 Å². The van der Waals surface area contributed by atoms with Crippen molar-refractivity contribution >= 4 is 11.9 Å². The number of aliphatic hydroxyl groups excluding tert-OH is 2. The van der Waals surface area contributed by atoms with Crippen LogP contribution in [-0.2, 0) is 11.2 Å². The Kier molecular flexibility index (Phi) is 9.54. The van der Waals surface area contributed by atoms with Crippen molar-refractivity contribution in [3.8, 4) is 5.69 Å². The van der Waals surface area contributed by atoms with Gasteiger partial charge in [-0.1, -0.05) is 44.2 Å². The summed E-state index contributed by atoms with van der Waals surface area (Å²) in [5, 5.41) is 36.9. The molecule has 37 heavy (non-hydrogen) atoms. The van der Waals surface area contributed by atoms with Gasteiger partial charge in [-0.15, -0.1) is 0 Å². The molecule has 0 spiro atoms. The molecule has 3 atom stereocenters. The monoisotopic (exact) mass is 511 g/mol. The average Bonchev–Trinajstić information content (AvgIpc) is 3.23. The second-order valence-electron chi connectivity index (χ2n) is 9.54. The van der Waals surface area contributed by atoms with Crippen molar-refractivity contribution in [3.05, 3.63) is 82.9 Å². The van der Waals surface area contributed by atoms with E-state index in [4.69, 9.17) is 5.11 Å². The number of carbonyl (C=O) groups excluding carboxylic acids is 1. The molecule has 0 bridgehead atoms. The Bertz CT molecular complexity index is 1190. The molecule has 4 N–H and O–H groups in total. The van der Waals surface area contributed by atoms with Crippen LogP contribution in [0, 0.1) is 5.82 Å². The van der Waals surface area contributed by atoms with Crippen molar-refractivity contribution in [2.75, 3.05) is 0 Å². The van der Waals surface area contributed by atoms with E-state index in [1.54, 1.807) is 16.8 Å². The fourth-order valence-electron chi connectivity index (χ4n) is 4.39. The number of benzene rings is 2. The van der Waals surface area contributed by atoms with E-state index in [-0.39, 0.29) is 36.4 Å². The molecule has 3 rings (SSSR count). The van der Waals surface area contributed by atoms with E-state index in [1.807, 2.05) is 51.1 Å². The molecule has 0 saturated heterocycles. The number of carboxylic acid groups (broad SMARTS) is 1. The SMILES string of the molecule is CC(C)c1c(C(=O)N[C@@H](C)c2ccccc2)nn(-c2ccc(F)cc2)c1CC[C@@H](O)C[C@@H](O)CC(=O)O. The Morgan fingerprint density at radius 1 is 1.00 bits per heavy atom. The highest BCUT2D eigenvalue weighted by molar-refractivity contribution is 5.94. The molecule has 0 aliphatic carbocycles. The molecule has 0 aliphatic rings. The first kappa shape index (κ1) is 28.0. The smallest absolute Gasteiger partial charge is 0.305 e. The summed E-state index contributed by atoms with van der Waals surface area (Å²) >= 11 is 0. The number of amides is 1. The van der Waals surface area contributed by atoms with Crippen LogP contribution in [0.2, 0.25) is 0 Å². The highest BCUT2D eigenvalue weighted by atomic mass is 19.1. The highest BCUT2D eigenvalue weighted by Gasteiger charge is 2.27. The molecular formula is C28H34FN3O5. The number of aliphatic carboxylic acids is 1. The van der Waals surface area contributed by atoms with Crippen molar-refractivity contribution in [2.24, 2.45) is 0 Å². The average molecular weight is 512 g/mol. The van der Waals surface area contributed by atoms with Crippen LogP contribution in [0.1, 0.15) is 79.3 Å². The number of carboxylic acids is 1. The van der Waals surface area contributed by atoms with Crippen LogP contribution >= 0.6 is 0 Å². The van der Waals surface area contributed by atoms with Crippen LogP contribution in [0.5, 0.6) is 0 Å². The summed E-state index contributed by atoms with van der Waals surface area (Å²) in [5.41, 5.74) is 3.15. The quantitative estimate of drug-likeness (QED) is 0.290. The first-order chi connectivity index (χ1) is 17.6. The minimum absolute atomic E-state index is 0.0874. The number of aromatic nitrogens is 2. The topological polar surface area (TPSA) is 125 Å². The molecule has 8 nitrogen and oxygen atoms in total. The van der Waals surface area contributed by atoms with Gasteiger partial charge in [0.05, 0.1) is 30.4 Å². The number of carbonyl (C=O) groups is 2. The molecule has 0 saturated carbocycles. The maximum atomic E-state index is 13.6. The van der Waals surface area contributed by atoms with Crippen LogP contribution in [0.3, 0.4) is 0 Å². The van der Waals surface area contributed by atoms with Gasteiger partial charge in [-0.3, -0.25) is 9.59 Å². The lowest BCUT2D eigenvalue weighted by atomic mass is 9.95. The molecule has 0 fully saturated rings. The normalized spacial score (nSPS) is 13.8. The summed E-state index contributed by atoms with van der Waals surface area (Å²) in [6.45, 7) is 5.78. The second kappa shape index (κ2) is 12.6. The van der Waals surface area contributed by atoms with Crippen LogP contribution in [-0.4, -0.2) is 49.2 Å². The molecule has 0 unspecified atom stereocenters. The van der Waals surface area contributed by atoms with Crippen molar-refractivity contribution in [1.82, 2.24) is 15.1 Å². The predicted molar refractivity (Wildman–Crippen MR) is 137 cm³/mol. The number of nitrogens with zero attached hydrogens (tertiary/aromatic N) is 2. The minimum Gasteiger partial charge on any atom is -0.481 e. The zero-order valence-corrected chi connectivity index (χ0v) is 21.3. The highest BCUT2D eigenvalue weighted by Crippen LogP contribution is 2.29. The largest absolute Gasteiger partial charge is 0.481 e. The first-order valence-electron chi connectivity index (χ1n) is 12.4. The van der Waals surface area contributed by atoms with Crippen molar-refractivity contribution < 1.29 is 29.3 Å². The molecule has 198 valence electrons. The number of hydrogen-bond acceptors (Lipinski definition) is 5. The van der Waals surface area contributed by atoms with Gasteiger partial charge in [0.1, 0.15) is 5.82 Å². The summed E-state index contributed by atoms with van der Waals surface area (Å²) in [7, 11) is 0. The third kappa shape index (κ3) is 7.47. The van der Waals surface area contributed by atoms with E-state index in [0.29, 0.717) is 23.4 Å². The van der Waals surface area contributed by atoms with Crippen LogP contribution in [0.15, 0.2) is 54.6 Å². The van der Waals surface area contributed by atoms with E-state index in [2.05, 4.69) is 10.4 Å². The third-order valence-corrected chi connectivity index (χ3v) is 6.20. The molecule has 0 radical (unpaired) electrons. The maximum absolute atomic E-state index is 13.6. The van der Waals surface area contributed by atoms with E-state index in [1.165, 1.54) is 12.1 Å². The van der Waals surface area contributed by atoms with Gasteiger partial charge in [0.2, 0.25) is 0 Å². The fraction of sp³-hybridized carbons (Fsp3) is 0.393. The van der Waals surface area contributed by atoms with Gasteiger partial charge < -0.3 is 20.6 Å². The summed E-state index contributed by atoms with van der Waals surface area (Å²) in [6, 6.07) is 15.1. The predicted octanol–water partition coefficient (Wildman–Crippen LogP) is 4.15. The lowest BCUT2D eigenvalue weighted by molar-refractivity contribution is -0.139. The molecule has 1 amide bonds. The summed E-state index contributed by atoms with van der Waals surface area (Å²) in [6.07, 6.45) is -2.14. The zero-order chi connectivity index (χ0) is 27.1. The number of hydrogen-bond donors (Lipinski definition) is 4. The van der Waals surface area contributed by atoms with Crippen molar-refractivity contribution in [1.29, 1.82) is 0 Å². The first-order valence-corrected chi connectivity index (χ1v) is 12.4. The zero-order valence-electron chi connectivity index (χ0n) is 21.3. The number of rotatable bonds is 12. The van der Waals surface area contributed by atoms with Crippen LogP contribution in [0.25, 0.3) is 5.69 Å². The second-order valence-corrected chi connectivity index (χ2v) is 9.54. The maximum Gasteiger partial charge on any atom is 0.305 e. The Labute approximate surface area is 215 Å². The minimum atomic E-state index is -1.17. The van der Waals surface area contributed by atoms with E-state index in [9.17, 15) is 24.2 Å². The van der Waals surface area contributed by atoms with E-state index in [0.717, 1.165) is 5.56 Å². The fourth-order valence-corrected chi connectivity index (χ4v) is 4.39. The molecule has 1 heterocycles. The Morgan fingerprint density at radius 3 is 2.24 bits per heavy atom. The molecule has 0 aliphatic heterocycles. The molecule has 9 heteroatoms. The van der Waals surface area contributed by atoms with E-state index >= 15 is 0 Å². The third-order valence-electron chi connectivity index (χ3n) is 6.20. The lowest BCUT2D eigenvalue weighted by Crippen LogP contribution is -2.28. The number of aliphatic hydroxyl groups is 2. The van der Waals surface area contributed by atoms with Crippen LogP contribution in [0.4, 0.5) is 4.39 Å². The van der Waals surface area contributed by atoms with E-state index < -0.39 is 30.4 Å². The molecule has 1 aromatic heterocycles. The number of halogens is 1. The lowest BCUT2D eigenvalue weighted by Gasteiger charge is -2.17. The molecular weight excluding hydrogens is 477 g/mol. The van der Waals surface area contributed by atoms with Gasteiger partial charge in [-0.2, -0.15) is 5.10 Å². The summed E-state index contributed by atoms with van der Waals surface area (Å²) in [4.78, 5) is 24.2. The summed E-state index contributed by atoms with van der Waals surface area (Å²) in [5.74, 6) is -1.98. The van der Waals surface area contributed by atoms with Crippen molar-refractivity contribution in [2.45, 2.75) is 70.6 Å². The standard InChI is InChI=1S/C28H34FN3O5/c1-17(2)26-24(14-13-22(33)15-23(34)16-25(35)36)32(21-11-9-20(29)10-12-21)31-27(26)28(37)30-18(3)19-7-5-4-6-8-19/h4-12,17-18,22-23,33-34H,13-16H2,1-3H3,(H,30,37)(H,35,36)/t18-,22+,23+/m0/s1. The summed E-state index contributed by atoms with van der Waals surface area (Å²) < 4.78 is 15.2. The Hall–Kier alpha value is -3.56. The van der Waals surface area contributed by atoms with Gasteiger partial charge in [-0.25, -0.2) is 9.07 Å². The van der Waals surface area contributed by atoms with Gasteiger partial charge in [-0.05, 0) is 61.9 Å². The van der Waals surface area contributed by atoms with Gasteiger partial charge in [0.25, 0.3) is 5.91 Å². The van der Waals surface area contributed by atoms with Crippen molar-refractivity contribution in [3.63, 3.8) is 0 Å². The molecule has 2 aromatic carbocycles.